The molecule has 0 aliphatic carbocycles. The van der Waals surface area contributed by atoms with Gasteiger partial charge in [0.15, 0.2) is 0 Å². The summed E-state index contributed by atoms with van der Waals surface area (Å²) in [5.41, 5.74) is 7.58. The fraction of sp³-hybridized carbons (Fsp3) is 0. The Morgan fingerprint density at radius 3 is 1.19 bits per heavy atom. The number of aldehydes is 2. The molecule has 0 amide bonds. The van der Waals surface area contributed by atoms with Gasteiger partial charge in [0.05, 0.1) is 22.1 Å². The lowest BCUT2D eigenvalue weighted by atomic mass is 10.1. The number of aromatic nitrogens is 2. The van der Waals surface area contributed by atoms with Crippen LogP contribution in [-0.2, 0) is 0 Å². The van der Waals surface area contributed by atoms with Crippen molar-refractivity contribution in [3.8, 4) is 11.4 Å². The molecular weight excluding hydrogens is 444 g/mol. The zero-order valence-electron chi connectivity index (χ0n) is 19.3. The minimum Gasteiger partial charge on any atom is -0.309 e. The highest BCUT2D eigenvalue weighted by Crippen LogP contribution is 2.39. The second-order valence-electron chi connectivity index (χ2n) is 9.02. The Hall–Kier alpha value is -4.96. The van der Waals surface area contributed by atoms with Gasteiger partial charge in [0.2, 0.25) is 0 Å². The second-order valence-corrected chi connectivity index (χ2v) is 9.02. The van der Waals surface area contributed by atoms with E-state index in [1.165, 1.54) is 0 Å². The summed E-state index contributed by atoms with van der Waals surface area (Å²) in [5, 5.41) is 4.19. The molecule has 0 saturated carbocycles. The number of fused-ring (bicyclic) bond motifs is 6. The maximum Gasteiger partial charge on any atom is 0.150 e. The van der Waals surface area contributed by atoms with Crippen molar-refractivity contribution >= 4 is 56.2 Å². The third-order valence-corrected chi connectivity index (χ3v) is 7.00. The topological polar surface area (TPSA) is 44.0 Å². The molecule has 2 heterocycles. The summed E-state index contributed by atoms with van der Waals surface area (Å²) in [7, 11) is 0. The van der Waals surface area contributed by atoms with Crippen LogP contribution in [-0.4, -0.2) is 21.7 Å². The van der Waals surface area contributed by atoms with Crippen molar-refractivity contribution in [2.45, 2.75) is 0 Å². The first-order valence-electron chi connectivity index (χ1n) is 11.8. The molecule has 0 saturated heterocycles. The highest BCUT2D eigenvalue weighted by atomic mass is 16.1. The van der Waals surface area contributed by atoms with Crippen molar-refractivity contribution < 1.29 is 9.59 Å². The summed E-state index contributed by atoms with van der Waals surface area (Å²) in [6.07, 6.45) is 1.79. The molecule has 0 radical (unpaired) electrons. The van der Waals surface area contributed by atoms with Gasteiger partial charge in [-0.2, -0.15) is 0 Å². The van der Waals surface area contributed by atoms with E-state index >= 15 is 0 Å². The average molecular weight is 465 g/mol. The molecule has 0 unspecified atom stereocenters. The summed E-state index contributed by atoms with van der Waals surface area (Å²) in [6.45, 7) is 0. The first-order chi connectivity index (χ1) is 17.8. The average Bonchev–Trinajstić information content (AvgIpc) is 3.43. The van der Waals surface area contributed by atoms with E-state index in [2.05, 4.69) is 45.5 Å². The minimum atomic E-state index is 0.647. The Balaban J connectivity index is 1.71. The Morgan fingerprint density at radius 1 is 0.417 bits per heavy atom. The molecule has 0 bridgehead atoms. The van der Waals surface area contributed by atoms with E-state index in [9.17, 15) is 9.59 Å². The molecule has 170 valence electrons. The van der Waals surface area contributed by atoms with Crippen molar-refractivity contribution in [2.24, 2.45) is 0 Å². The third-order valence-electron chi connectivity index (χ3n) is 7.00. The summed E-state index contributed by atoms with van der Waals surface area (Å²) in [5.74, 6) is 0. The minimum absolute atomic E-state index is 0.647. The van der Waals surface area contributed by atoms with Gasteiger partial charge in [-0.15, -0.1) is 0 Å². The number of hydrogen-bond acceptors (Lipinski definition) is 2. The summed E-state index contributed by atoms with van der Waals surface area (Å²) in [4.78, 5) is 23.3. The SMILES string of the molecule is O=Cc1ccc2c(c1)c1cc3c(cc1n2-c1ccccc1)c1cc(C=O)ccc1n3-c1ccccc1. The zero-order valence-corrected chi connectivity index (χ0v) is 19.3. The van der Waals surface area contributed by atoms with Crippen LogP contribution >= 0.6 is 0 Å². The lowest BCUT2D eigenvalue weighted by Crippen LogP contribution is -1.94. The van der Waals surface area contributed by atoms with Gasteiger partial charge >= 0.3 is 0 Å². The smallest absolute Gasteiger partial charge is 0.150 e. The quantitative estimate of drug-likeness (QED) is 0.253. The second kappa shape index (κ2) is 7.79. The van der Waals surface area contributed by atoms with Gasteiger partial charge in [-0.05, 0) is 72.8 Å². The first kappa shape index (κ1) is 20.4. The Bertz CT molecular complexity index is 1820. The molecule has 7 rings (SSSR count). The molecule has 0 spiro atoms. The van der Waals surface area contributed by atoms with Crippen molar-refractivity contribution in [1.82, 2.24) is 9.13 Å². The van der Waals surface area contributed by atoms with E-state index in [0.29, 0.717) is 11.1 Å². The van der Waals surface area contributed by atoms with Crippen LogP contribution in [0, 0.1) is 0 Å². The maximum absolute atomic E-state index is 11.7. The molecular formula is C32H20N2O2. The Morgan fingerprint density at radius 2 is 0.806 bits per heavy atom. The van der Waals surface area contributed by atoms with E-state index < -0.39 is 0 Å². The molecule has 4 heteroatoms. The fourth-order valence-electron chi connectivity index (χ4n) is 5.42. The van der Waals surface area contributed by atoms with Crippen LogP contribution in [0.2, 0.25) is 0 Å². The number of benzene rings is 5. The number of para-hydroxylation sites is 2. The molecule has 36 heavy (non-hydrogen) atoms. The highest BCUT2D eigenvalue weighted by Gasteiger charge is 2.19. The largest absolute Gasteiger partial charge is 0.309 e. The van der Waals surface area contributed by atoms with Crippen LogP contribution in [0.4, 0.5) is 0 Å². The first-order valence-corrected chi connectivity index (χ1v) is 11.8. The fourth-order valence-corrected chi connectivity index (χ4v) is 5.42. The standard InChI is InChI=1S/C32H20N2O2/c35-19-21-11-13-29-25(15-21)27-18-32-28(17-31(27)33(29)23-7-3-1-4-8-23)26-16-22(20-36)12-14-30(26)34(32)24-9-5-2-6-10-24/h1-20H. The number of carbonyl (C=O) groups excluding carboxylic acids is 2. The highest BCUT2D eigenvalue weighted by molar-refractivity contribution is 6.19. The number of nitrogens with zero attached hydrogens (tertiary/aromatic N) is 2. The van der Waals surface area contributed by atoms with Crippen LogP contribution in [0.3, 0.4) is 0 Å². The summed E-state index contributed by atoms with van der Waals surface area (Å²) >= 11 is 0. The normalized spacial score (nSPS) is 11.6. The predicted octanol–water partition coefficient (Wildman–Crippen LogP) is 7.51. The monoisotopic (exact) mass is 464 g/mol. The molecule has 2 aromatic heterocycles. The molecule has 0 atom stereocenters. The molecule has 5 aromatic carbocycles. The van der Waals surface area contributed by atoms with Gasteiger partial charge in [-0.3, -0.25) is 9.59 Å². The zero-order chi connectivity index (χ0) is 24.2. The molecule has 4 nitrogen and oxygen atoms in total. The predicted molar refractivity (Wildman–Crippen MR) is 146 cm³/mol. The molecule has 0 N–H and O–H groups in total. The van der Waals surface area contributed by atoms with Crippen LogP contribution in [0.1, 0.15) is 20.7 Å². The number of hydrogen-bond donors (Lipinski definition) is 0. The summed E-state index contributed by atoms with van der Waals surface area (Å²) in [6, 6.07) is 36.6. The van der Waals surface area contributed by atoms with Crippen LogP contribution in [0.25, 0.3) is 55.0 Å². The number of carbonyl (C=O) groups is 2. The van der Waals surface area contributed by atoms with E-state index in [1.807, 2.05) is 72.8 Å². The van der Waals surface area contributed by atoms with Crippen LogP contribution in [0.5, 0.6) is 0 Å². The molecule has 0 aliphatic rings. The Kier molecular flexibility index (Phi) is 4.42. The molecule has 7 aromatic rings. The van der Waals surface area contributed by atoms with Gasteiger partial charge in [-0.1, -0.05) is 36.4 Å². The van der Waals surface area contributed by atoms with Crippen molar-refractivity contribution in [2.75, 3.05) is 0 Å². The van der Waals surface area contributed by atoms with Crippen molar-refractivity contribution in [1.29, 1.82) is 0 Å². The lowest BCUT2D eigenvalue weighted by Gasteiger charge is -2.09. The van der Waals surface area contributed by atoms with E-state index in [0.717, 1.165) is 67.6 Å². The van der Waals surface area contributed by atoms with E-state index in [-0.39, 0.29) is 0 Å². The maximum atomic E-state index is 11.7. The molecule has 0 fully saturated rings. The number of rotatable bonds is 4. The summed E-state index contributed by atoms with van der Waals surface area (Å²) < 4.78 is 4.49. The van der Waals surface area contributed by atoms with Crippen LogP contribution in [0.15, 0.2) is 109 Å². The lowest BCUT2D eigenvalue weighted by molar-refractivity contribution is 0.111. The van der Waals surface area contributed by atoms with Crippen LogP contribution < -0.4 is 0 Å². The molecule has 0 aliphatic heterocycles. The van der Waals surface area contributed by atoms with Crippen molar-refractivity contribution in [3.63, 3.8) is 0 Å². The van der Waals surface area contributed by atoms with Gasteiger partial charge in [-0.25, -0.2) is 0 Å². The Labute approximate surface area is 206 Å². The van der Waals surface area contributed by atoms with Gasteiger partial charge < -0.3 is 9.13 Å². The van der Waals surface area contributed by atoms with Crippen molar-refractivity contribution in [3.05, 3.63) is 120 Å². The van der Waals surface area contributed by atoms with E-state index in [4.69, 9.17) is 0 Å². The third kappa shape index (κ3) is 2.88. The van der Waals surface area contributed by atoms with Gasteiger partial charge in [0.1, 0.15) is 12.6 Å². The van der Waals surface area contributed by atoms with E-state index in [1.54, 1.807) is 0 Å². The van der Waals surface area contributed by atoms with Gasteiger partial charge in [0.25, 0.3) is 0 Å². The van der Waals surface area contributed by atoms with Gasteiger partial charge in [0, 0.05) is 44.0 Å².